The monoisotopic (exact) mass is 413 g/mol. The topological polar surface area (TPSA) is 106 Å². The van der Waals surface area contributed by atoms with Crippen molar-refractivity contribution in [2.75, 3.05) is 14.2 Å². The summed E-state index contributed by atoms with van der Waals surface area (Å²) < 4.78 is 9.26. The van der Waals surface area contributed by atoms with Crippen molar-refractivity contribution in [1.29, 1.82) is 0 Å². The zero-order chi connectivity index (χ0) is 21.1. The van der Waals surface area contributed by atoms with Gasteiger partial charge in [0.15, 0.2) is 5.17 Å². The third-order valence-electron chi connectivity index (χ3n) is 3.35. The van der Waals surface area contributed by atoms with Gasteiger partial charge in [0.05, 0.1) is 19.9 Å². The summed E-state index contributed by atoms with van der Waals surface area (Å²) in [7, 11) is 2.38. The van der Waals surface area contributed by atoms with Crippen molar-refractivity contribution in [1.82, 2.24) is 10.9 Å². The Kier molecular flexibility index (Phi) is 8.46. The fraction of sp³-hybridized carbons (Fsp3) is 0.100. The molecule has 2 aromatic carbocycles. The first-order valence-electron chi connectivity index (χ1n) is 8.34. The molecule has 150 valence electrons. The van der Waals surface area contributed by atoms with Crippen molar-refractivity contribution >= 4 is 40.5 Å². The van der Waals surface area contributed by atoms with Crippen LogP contribution in [0.4, 0.5) is 5.69 Å². The fourth-order valence-electron chi connectivity index (χ4n) is 1.97. The van der Waals surface area contributed by atoms with E-state index in [4.69, 9.17) is 4.74 Å². The number of nitrogens with zero attached hydrogens (tertiary/aromatic N) is 1. The molecule has 9 heteroatoms. The first-order chi connectivity index (χ1) is 14.0. The number of nitrogens with one attached hydrogen (secondary N) is 2. The van der Waals surface area contributed by atoms with E-state index < -0.39 is 17.8 Å². The summed E-state index contributed by atoms with van der Waals surface area (Å²) in [6.07, 6.45) is 0.984. The molecule has 0 fully saturated rings. The number of carbonyl (C=O) groups is 3. The zero-order valence-electron chi connectivity index (χ0n) is 15.7. The highest BCUT2D eigenvalue weighted by molar-refractivity contribution is 8.17. The van der Waals surface area contributed by atoms with Gasteiger partial charge in [0, 0.05) is 11.6 Å². The molecule has 0 aliphatic rings. The molecule has 1 amide bonds. The van der Waals surface area contributed by atoms with Crippen molar-refractivity contribution in [3.05, 3.63) is 77.2 Å². The highest BCUT2D eigenvalue weighted by Crippen LogP contribution is 2.21. The molecule has 0 aliphatic heterocycles. The van der Waals surface area contributed by atoms with Gasteiger partial charge in [0.2, 0.25) is 0 Å². The summed E-state index contributed by atoms with van der Waals surface area (Å²) in [5.41, 5.74) is 6.19. The molecule has 0 aromatic heterocycles. The van der Waals surface area contributed by atoms with E-state index in [0.717, 1.165) is 17.8 Å². The Hall–Kier alpha value is -3.59. The van der Waals surface area contributed by atoms with Crippen LogP contribution >= 0.6 is 11.8 Å². The van der Waals surface area contributed by atoms with Crippen LogP contribution in [0.25, 0.3) is 0 Å². The van der Waals surface area contributed by atoms with Crippen molar-refractivity contribution in [3.63, 3.8) is 0 Å². The number of aliphatic imine (C=N–C) groups is 1. The van der Waals surface area contributed by atoms with Gasteiger partial charge in [0.25, 0.3) is 5.91 Å². The van der Waals surface area contributed by atoms with Gasteiger partial charge in [0.1, 0.15) is 4.91 Å². The largest absolute Gasteiger partial charge is 0.466 e. The Labute approximate surface area is 172 Å². The average molecular weight is 413 g/mol. The molecular formula is C20H19N3O5S. The van der Waals surface area contributed by atoms with E-state index in [-0.39, 0.29) is 10.1 Å². The van der Waals surface area contributed by atoms with Crippen molar-refractivity contribution < 1.29 is 23.9 Å². The molecule has 0 unspecified atom stereocenters. The van der Waals surface area contributed by atoms with Crippen LogP contribution in [0, 0.1) is 0 Å². The molecule has 29 heavy (non-hydrogen) atoms. The van der Waals surface area contributed by atoms with E-state index in [1.165, 1.54) is 14.2 Å². The molecule has 0 bridgehead atoms. The predicted molar refractivity (Wildman–Crippen MR) is 110 cm³/mol. The van der Waals surface area contributed by atoms with Gasteiger partial charge < -0.3 is 9.47 Å². The van der Waals surface area contributed by atoms with Crippen LogP contribution in [0.1, 0.15) is 10.4 Å². The van der Waals surface area contributed by atoms with Crippen molar-refractivity contribution in [2.45, 2.75) is 0 Å². The van der Waals surface area contributed by atoms with Crippen LogP contribution < -0.4 is 10.9 Å². The molecule has 0 aliphatic carbocycles. The SMILES string of the molecule is COC(=O)/C=C(/SC(=Nc1ccccc1)NNC(=O)c1ccccc1)C(=O)OC. The lowest BCUT2D eigenvalue weighted by atomic mass is 10.2. The third kappa shape index (κ3) is 7.15. The Morgan fingerprint density at radius 3 is 2.10 bits per heavy atom. The number of carbonyl (C=O) groups excluding carboxylic acids is 3. The quantitative estimate of drug-likeness (QED) is 0.255. The molecule has 0 atom stereocenters. The zero-order valence-corrected chi connectivity index (χ0v) is 16.6. The van der Waals surface area contributed by atoms with Crippen LogP contribution in [-0.4, -0.2) is 37.2 Å². The van der Waals surface area contributed by atoms with E-state index in [1.807, 2.05) is 6.07 Å². The minimum Gasteiger partial charge on any atom is -0.466 e. The first kappa shape index (κ1) is 21.7. The molecule has 0 saturated heterocycles. The van der Waals surface area contributed by atoms with Gasteiger partial charge in [-0.05, 0) is 36.0 Å². The highest BCUT2D eigenvalue weighted by atomic mass is 32.2. The Morgan fingerprint density at radius 2 is 1.52 bits per heavy atom. The summed E-state index contributed by atoms with van der Waals surface area (Å²) in [5, 5.41) is 0.140. The van der Waals surface area contributed by atoms with Crippen molar-refractivity contribution in [3.8, 4) is 0 Å². The summed E-state index contributed by atoms with van der Waals surface area (Å²) in [4.78, 5) is 40.2. The van der Waals surface area contributed by atoms with Gasteiger partial charge in [-0.15, -0.1) is 0 Å². The van der Waals surface area contributed by atoms with Crippen LogP contribution in [0.2, 0.25) is 0 Å². The molecular weight excluding hydrogens is 394 g/mol. The Morgan fingerprint density at radius 1 is 0.897 bits per heavy atom. The first-order valence-corrected chi connectivity index (χ1v) is 9.16. The Bertz CT molecular complexity index is 914. The smallest absolute Gasteiger partial charge is 0.345 e. The molecule has 8 nitrogen and oxygen atoms in total. The van der Waals surface area contributed by atoms with Crippen LogP contribution in [0.5, 0.6) is 0 Å². The summed E-state index contributed by atoms with van der Waals surface area (Å²) in [6.45, 7) is 0. The second-order valence-electron chi connectivity index (χ2n) is 5.32. The maximum Gasteiger partial charge on any atom is 0.345 e. The summed E-state index contributed by atoms with van der Waals surface area (Å²) in [5.74, 6) is -1.88. The molecule has 0 heterocycles. The number of ether oxygens (including phenoxy) is 2. The second kappa shape index (κ2) is 11.3. The van der Waals surface area contributed by atoms with Gasteiger partial charge in [-0.2, -0.15) is 0 Å². The molecule has 0 radical (unpaired) electrons. The predicted octanol–water partition coefficient (Wildman–Crippen LogP) is 2.57. The standard InChI is InChI=1S/C20H19N3O5S/c1-27-17(24)13-16(19(26)28-2)29-20(21-15-11-7-4-8-12-15)23-22-18(25)14-9-5-3-6-10-14/h3-13H,1-2H3,(H,21,23)(H,22,25)/b16-13+. The summed E-state index contributed by atoms with van der Waals surface area (Å²) >= 11 is 0.808. The number of thioether (sulfide) groups is 1. The minimum absolute atomic E-state index is 0.0736. The fourth-order valence-corrected chi connectivity index (χ4v) is 2.75. The van der Waals surface area contributed by atoms with Crippen LogP contribution in [0.15, 0.2) is 76.6 Å². The van der Waals surface area contributed by atoms with E-state index in [9.17, 15) is 14.4 Å². The van der Waals surface area contributed by atoms with Gasteiger partial charge in [-0.1, -0.05) is 36.4 Å². The maximum atomic E-state index is 12.3. The molecule has 2 rings (SSSR count). The number of rotatable bonds is 5. The Balaban J connectivity index is 2.25. The van der Waals surface area contributed by atoms with E-state index in [2.05, 4.69) is 20.6 Å². The van der Waals surface area contributed by atoms with Gasteiger partial charge in [-0.3, -0.25) is 15.6 Å². The minimum atomic E-state index is -0.752. The number of benzene rings is 2. The lowest BCUT2D eigenvalue weighted by molar-refractivity contribution is -0.137. The number of amidine groups is 1. The summed E-state index contributed by atoms with van der Waals surface area (Å²) in [6, 6.07) is 17.4. The molecule has 2 N–H and O–H groups in total. The van der Waals surface area contributed by atoms with Gasteiger partial charge >= 0.3 is 11.9 Å². The number of hydrazine groups is 1. The number of hydrogen-bond acceptors (Lipinski definition) is 7. The number of para-hydroxylation sites is 1. The van der Waals surface area contributed by atoms with Crippen LogP contribution in [0.3, 0.4) is 0 Å². The van der Waals surface area contributed by atoms with E-state index in [0.29, 0.717) is 11.3 Å². The van der Waals surface area contributed by atoms with Gasteiger partial charge in [-0.25, -0.2) is 14.6 Å². The second-order valence-corrected chi connectivity index (χ2v) is 6.35. The molecule has 2 aromatic rings. The number of methoxy groups -OCH3 is 2. The lowest BCUT2D eigenvalue weighted by Gasteiger charge is -2.12. The molecule has 0 saturated carbocycles. The highest BCUT2D eigenvalue weighted by Gasteiger charge is 2.17. The average Bonchev–Trinajstić information content (AvgIpc) is 2.77. The molecule has 0 spiro atoms. The lowest BCUT2D eigenvalue weighted by Crippen LogP contribution is -2.40. The number of esters is 2. The van der Waals surface area contributed by atoms with Crippen molar-refractivity contribution in [2.24, 2.45) is 4.99 Å². The third-order valence-corrected chi connectivity index (χ3v) is 4.24. The van der Waals surface area contributed by atoms with Crippen LogP contribution in [-0.2, 0) is 19.1 Å². The van der Waals surface area contributed by atoms with E-state index in [1.54, 1.807) is 54.6 Å². The maximum absolute atomic E-state index is 12.3. The van der Waals surface area contributed by atoms with E-state index >= 15 is 0 Å². The normalized spacial score (nSPS) is 11.4. The number of amides is 1. The number of hydrogen-bond donors (Lipinski definition) is 2.